The van der Waals surface area contributed by atoms with Gasteiger partial charge in [-0.1, -0.05) is 128 Å². The van der Waals surface area contributed by atoms with Crippen LogP contribution in [0, 0.1) is 15.4 Å². The van der Waals surface area contributed by atoms with Crippen molar-refractivity contribution < 1.29 is 52.8 Å². The highest BCUT2D eigenvalue weighted by molar-refractivity contribution is 14.1. The number of hydrogen-bond acceptors (Lipinski definition) is 12. The second-order valence-corrected chi connectivity index (χ2v) is 20.5. The molecule has 0 radical (unpaired) electrons. The van der Waals surface area contributed by atoms with Gasteiger partial charge in [0.05, 0.1) is 24.0 Å². The van der Waals surface area contributed by atoms with Gasteiger partial charge in [-0.2, -0.15) is 0 Å². The molecule has 15 nitrogen and oxygen atoms in total. The van der Waals surface area contributed by atoms with Gasteiger partial charge in [0.1, 0.15) is 66.9 Å². The summed E-state index contributed by atoms with van der Waals surface area (Å²) in [6, 6.07) is 41.7. The van der Waals surface area contributed by atoms with Crippen molar-refractivity contribution in [3.05, 3.63) is 207 Å². The highest BCUT2D eigenvalue weighted by Gasteiger charge is 2.74. The minimum absolute atomic E-state index is 0.00999. The molecule has 1 spiro atoms. The summed E-state index contributed by atoms with van der Waals surface area (Å²) in [7, 11) is 0. The van der Waals surface area contributed by atoms with Gasteiger partial charge in [-0.3, -0.25) is 33.7 Å². The second-order valence-electron chi connectivity index (χ2n) is 19.3. The van der Waals surface area contributed by atoms with E-state index in [4.69, 9.17) is 18.9 Å². The number of phenols is 1. The number of anilines is 1. The minimum atomic E-state index is -1.71. The molecule has 0 saturated carbocycles. The van der Waals surface area contributed by atoms with Crippen LogP contribution in [-0.4, -0.2) is 88.5 Å². The van der Waals surface area contributed by atoms with Crippen LogP contribution in [0.1, 0.15) is 64.0 Å². The summed E-state index contributed by atoms with van der Waals surface area (Å²) in [5, 5.41) is 16.1. The maximum atomic E-state index is 15.2. The van der Waals surface area contributed by atoms with E-state index in [-0.39, 0.29) is 50.2 Å². The molecule has 10 atom stereocenters. The lowest BCUT2D eigenvalue weighted by Gasteiger charge is -2.46. The number of carbonyl (C=O) groups is 6. The Labute approximate surface area is 445 Å². The van der Waals surface area contributed by atoms with E-state index >= 15 is 4.79 Å². The van der Waals surface area contributed by atoms with E-state index in [1.807, 2.05) is 120 Å². The third-order valence-corrected chi connectivity index (χ3v) is 15.8. The van der Waals surface area contributed by atoms with Crippen molar-refractivity contribution in [3.8, 4) is 11.5 Å². The zero-order valence-corrected chi connectivity index (χ0v) is 42.5. The van der Waals surface area contributed by atoms with Gasteiger partial charge in [-0.25, -0.2) is 0 Å². The van der Waals surface area contributed by atoms with E-state index in [9.17, 15) is 29.1 Å². The average molecular weight is 1120 g/mol. The average Bonchev–Trinajstić information content (AvgIpc) is 4.16. The van der Waals surface area contributed by atoms with Crippen molar-refractivity contribution in [3.63, 3.8) is 0 Å². The van der Waals surface area contributed by atoms with Crippen LogP contribution >= 0.6 is 22.6 Å². The van der Waals surface area contributed by atoms with Gasteiger partial charge in [0.15, 0.2) is 0 Å². The standard InChI is InChI=1S/C59H51IN4O11/c1-2-28-73-56(69)47-50-57(70)75-51(37-16-10-5-11-17-37)49(35-14-8-4-9-15-35)64(50)52(59(47)43-32-39(60)22-27-44(43)62-58(59)71)38-20-25-41(26-21-38)72-29-30-74-55(68)42-33-46-53(66)61-45(31-34-12-6-3-7-13-34)54(67)63(46)48(42)36-18-23-40(65)24-19-36/h2-27,32,42,45-52,65H,1,28-31,33H2,(H,61,66)(H,62,71)/t42-,45+,46-,47-,48-,49-,50-,51+,52+,59-/m1/s1. The van der Waals surface area contributed by atoms with Crippen molar-refractivity contribution in [2.24, 2.45) is 11.8 Å². The second kappa shape index (κ2) is 20.5. The first kappa shape index (κ1) is 49.4. The molecule has 5 heterocycles. The molecule has 0 aliphatic carbocycles. The first-order chi connectivity index (χ1) is 36.5. The zero-order chi connectivity index (χ0) is 52.0. The van der Waals surface area contributed by atoms with Gasteiger partial charge in [0.2, 0.25) is 17.7 Å². The number of cyclic esters (lactones) is 1. The molecule has 3 N–H and O–H groups in total. The van der Waals surface area contributed by atoms with Crippen LogP contribution in [0.5, 0.6) is 11.5 Å². The number of esters is 3. The summed E-state index contributed by atoms with van der Waals surface area (Å²) in [6.45, 7) is 3.35. The summed E-state index contributed by atoms with van der Waals surface area (Å²) in [5.74, 6) is -5.06. The zero-order valence-electron chi connectivity index (χ0n) is 40.3. The fourth-order valence-corrected chi connectivity index (χ4v) is 12.6. The Morgan fingerprint density at radius 1 is 0.747 bits per heavy atom. The number of benzene rings is 6. The molecule has 5 aliphatic rings. The number of ether oxygens (including phenoxy) is 4. The third-order valence-electron chi connectivity index (χ3n) is 15.1. The Kier molecular flexibility index (Phi) is 13.5. The van der Waals surface area contributed by atoms with E-state index in [0.717, 1.165) is 20.3 Å². The van der Waals surface area contributed by atoms with Crippen molar-refractivity contribution in [1.82, 2.24) is 15.1 Å². The van der Waals surface area contributed by atoms with E-state index in [1.54, 1.807) is 30.3 Å². The molecular formula is C59H51IN4O11. The predicted molar refractivity (Wildman–Crippen MR) is 282 cm³/mol. The van der Waals surface area contributed by atoms with Gasteiger partial charge >= 0.3 is 17.9 Å². The van der Waals surface area contributed by atoms with E-state index in [2.05, 4.69) is 39.8 Å². The molecular weight excluding hydrogens is 1070 g/mol. The highest BCUT2D eigenvalue weighted by Crippen LogP contribution is 2.65. The quantitative estimate of drug-likeness (QED) is 0.0319. The molecule has 5 aliphatic heterocycles. The minimum Gasteiger partial charge on any atom is -0.508 e. The van der Waals surface area contributed by atoms with Crippen LogP contribution in [-0.2, 0) is 54.8 Å². The lowest BCUT2D eigenvalue weighted by molar-refractivity contribution is -0.180. The number of carbonyl (C=O) groups excluding carboxylic acids is 6. The number of phenolic OH excluding ortho intramolecular Hbond substituents is 1. The largest absolute Gasteiger partial charge is 0.508 e. The van der Waals surface area contributed by atoms with Gasteiger partial charge in [0.25, 0.3) is 0 Å². The van der Waals surface area contributed by atoms with Crippen molar-refractivity contribution in [1.29, 1.82) is 0 Å². The molecule has 0 unspecified atom stereocenters. The van der Waals surface area contributed by atoms with Crippen LogP contribution < -0.4 is 15.4 Å². The Morgan fingerprint density at radius 3 is 2.09 bits per heavy atom. The van der Waals surface area contributed by atoms with Gasteiger partial charge in [0, 0.05) is 15.7 Å². The molecule has 0 bridgehead atoms. The van der Waals surface area contributed by atoms with E-state index < -0.39 is 83.4 Å². The van der Waals surface area contributed by atoms with Crippen molar-refractivity contribution >= 4 is 63.9 Å². The summed E-state index contributed by atoms with van der Waals surface area (Å²) < 4.78 is 25.1. The number of hydrogen-bond donors (Lipinski definition) is 3. The monoisotopic (exact) mass is 1120 g/mol. The molecule has 11 rings (SSSR count). The Morgan fingerprint density at radius 2 is 1.40 bits per heavy atom. The fraction of sp³-hybridized carbons (Fsp3) is 0.254. The normalized spacial score (nSPS) is 26.6. The number of amides is 3. The Hall–Kier alpha value is -7.83. The number of halogens is 1. The summed E-state index contributed by atoms with van der Waals surface area (Å²) >= 11 is 2.18. The smallest absolute Gasteiger partial charge is 0.325 e. The number of aromatic hydroxyl groups is 1. The van der Waals surface area contributed by atoms with Crippen LogP contribution in [0.2, 0.25) is 0 Å². The molecule has 4 saturated heterocycles. The molecule has 0 aromatic heterocycles. The molecule has 3 amide bonds. The molecule has 75 heavy (non-hydrogen) atoms. The van der Waals surface area contributed by atoms with E-state index in [0.29, 0.717) is 28.1 Å². The lowest BCUT2D eigenvalue weighted by atomic mass is 9.65. The predicted octanol–water partition coefficient (Wildman–Crippen LogP) is 7.62. The van der Waals surface area contributed by atoms with Crippen LogP contribution in [0.25, 0.3) is 0 Å². The molecule has 6 aromatic rings. The summed E-state index contributed by atoms with van der Waals surface area (Å²) in [6.07, 6.45) is 0.901. The summed E-state index contributed by atoms with van der Waals surface area (Å²) in [5.41, 5.74) is 2.91. The van der Waals surface area contributed by atoms with Crippen LogP contribution in [0.15, 0.2) is 170 Å². The number of piperazine rings is 1. The number of rotatable bonds is 14. The van der Waals surface area contributed by atoms with Gasteiger partial charge in [-0.05, 0) is 105 Å². The molecule has 4 fully saturated rings. The molecule has 16 heteroatoms. The van der Waals surface area contributed by atoms with Crippen LogP contribution in [0.3, 0.4) is 0 Å². The fourth-order valence-electron chi connectivity index (χ4n) is 12.1. The van der Waals surface area contributed by atoms with Gasteiger partial charge < -0.3 is 39.6 Å². The topological polar surface area (TPSA) is 190 Å². The summed E-state index contributed by atoms with van der Waals surface area (Å²) in [4.78, 5) is 90.4. The first-order valence-electron chi connectivity index (χ1n) is 24.8. The number of nitrogens with one attached hydrogen (secondary N) is 2. The van der Waals surface area contributed by atoms with Crippen molar-refractivity contribution in [2.75, 3.05) is 25.1 Å². The lowest BCUT2D eigenvalue weighted by Crippen LogP contribution is -2.62. The molecule has 380 valence electrons. The Bertz CT molecular complexity index is 3180. The Balaban J connectivity index is 0.891. The van der Waals surface area contributed by atoms with Gasteiger partial charge in [-0.15, -0.1) is 0 Å². The van der Waals surface area contributed by atoms with Crippen LogP contribution in [0.4, 0.5) is 5.69 Å². The highest BCUT2D eigenvalue weighted by atomic mass is 127. The number of morpholine rings is 1. The first-order valence-corrected chi connectivity index (χ1v) is 25.9. The maximum absolute atomic E-state index is 15.2. The van der Waals surface area contributed by atoms with Crippen molar-refractivity contribution in [2.45, 2.75) is 60.6 Å². The molecule has 6 aromatic carbocycles. The maximum Gasteiger partial charge on any atom is 0.325 e. The number of nitrogens with zero attached hydrogens (tertiary/aromatic N) is 2. The third kappa shape index (κ3) is 8.78. The SMILES string of the molecule is C=CCOC(=O)[C@H]1[C@@H]2C(=O)O[C@@H](c3ccccc3)[C@@H](c3ccccc3)N2[C@@H](c2ccc(OCCOC(=O)[C@@H]3C[C@@H]4C(=O)N[C@@H](Cc5ccccc5)C(=O)N4[C@@H]3c3ccc(O)cc3)cc2)[C@]12C(=O)Nc1ccc(I)cc12. The van der Waals surface area contributed by atoms with E-state index in [1.165, 1.54) is 23.1 Å². The number of fused-ring (bicyclic) bond motifs is 4.